The van der Waals surface area contributed by atoms with Crippen LogP contribution in [0.15, 0.2) is 48.0 Å². The highest BCUT2D eigenvalue weighted by Gasteiger charge is 2.46. The third-order valence-corrected chi connectivity index (χ3v) is 6.25. The third-order valence-electron chi connectivity index (χ3n) is 6.25. The molecule has 1 aliphatic rings. The normalized spacial score (nSPS) is 17.2. The molecule has 1 saturated heterocycles. The highest BCUT2D eigenvalue weighted by molar-refractivity contribution is 6.46. The first-order chi connectivity index (χ1) is 17.4. The van der Waals surface area contributed by atoms with Gasteiger partial charge in [0.1, 0.15) is 11.6 Å². The zero-order chi connectivity index (χ0) is 26.2. The van der Waals surface area contributed by atoms with Crippen LogP contribution in [0.25, 0.3) is 5.76 Å². The van der Waals surface area contributed by atoms with E-state index in [2.05, 4.69) is 4.90 Å². The van der Waals surface area contributed by atoms with Gasteiger partial charge < -0.3 is 24.4 Å². The van der Waals surface area contributed by atoms with E-state index in [1.165, 1.54) is 29.2 Å². The van der Waals surface area contributed by atoms with Gasteiger partial charge in [-0.25, -0.2) is 4.39 Å². The number of hydrogen-bond acceptors (Lipinski definition) is 6. The van der Waals surface area contributed by atoms with E-state index >= 15 is 0 Å². The SMILES string of the molecule is CCCOc1ccc(C2/C(=C(\O)c3ccc(F)cc3)C(=O)C(=O)N2CCN(CC)CC)cc1OCC. The molecule has 2 aromatic carbocycles. The quantitative estimate of drug-likeness (QED) is 0.258. The number of likely N-dealkylation sites (tertiary alicyclic amines) is 1. The molecule has 0 aliphatic carbocycles. The standard InChI is InChI=1S/C28H35FN2O5/c1-5-17-36-22-14-11-20(18-23(22)35-8-4)25-24(26(32)19-9-12-21(29)13-10-19)27(33)28(34)31(25)16-15-30(6-2)7-3/h9-14,18,25,32H,5-8,15-17H2,1-4H3/b26-24+. The summed E-state index contributed by atoms with van der Waals surface area (Å²) in [6.45, 7) is 11.3. The topological polar surface area (TPSA) is 79.3 Å². The van der Waals surface area contributed by atoms with Crippen molar-refractivity contribution in [1.29, 1.82) is 0 Å². The van der Waals surface area contributed by atoms with Crippen LogP contribution in [0.4, 0.5) is 4.39 Å². The molecular formula is C28H35FN2O5. The zero-order valence-electron chi connectivity index (χ0n) is 21.4. The number of ether oxygens (including phenoxy) is 2. The molecule has 0 bridgehead atoms. The predicted molar refractivity (Wildman–Crippen MR) is 137 cm³/mol. The van der Waals surface area contributed by atoms with Gasteiger partial charge in [-0.1, -0.05) is 26.8 Å². The number of ketones is 1. The molecule has 1 amide bonds. The summed E-state index contributed by atoms with van der Waals surface area (Å²) in [5.41, 5.74) is 0.844. The molecule has 0 aromatic heterocycles. The van der Waals surface area contributed by atoms with Crippen molar-refractivity contribution in [1.82, 2.24) is 9.80 Å². The highest BCUT2D eigenvalue weighted by Crippen LogP contribution is 2.42. The van der Waals surface area contributed by atoms with Crippen LogP contribution < -0.4 is 9.47 Å². The number of likely N-dealkylation sites (N-methyl/N-ethyl adjacent to an activating group) is 1. The second-order valence-electron chi connectivity index (χ2n) is 8.51. The van der Waals surface area contributed by atoms with Gasteiger partial charge >= 0.3 is 0 Å². The Morgan fingerprint density at radius 1 is 1.00 bits per heavy atom. The molecule has 1 heterocycles. The maximum absolute atomic E-state index is 13.5. The lowest BCUT2D eigenvalue weighted by Crippen LogP contribution is -2.38. The van der Waals surface area contributed by atoms with E-state index in [4.69, 9.17) is 9.47 Å². The molecule has 1 N–H and O–H groups in total. The fraction of sp³-hybridized carbons (Fsp3) is 0.429. The lowest BCUT2D eigenvalue weighted by molar-refractivity contribution is -0.140. The second kappa shape index (κ2) is 12.5. The smallest absolute Gasteiger partial charge is 0.295 e. The minimum Gasteiger partial charge on any atom is -0.507 e. The molecule has 0 radical (unpaired) electrons. The van der Waals surface area contributed by atoms with E-state index in [-0.39, 0.29) is 16.9 Å². The largest absolute Gasteiger partial charge is 0.507 e. The molecule has 7 nitrogen and oxygen atoms in total. The average Bonchev–Trinajstić information content (AvgIpc) is 3.13. The van der Waals surface area contributed by atoms with E-state index in [0.29, 0.717) is 43.4 Å². The van der Waals surface area contributed by atoms with Crippen molar-refractivity contribution < 1.29 is 28.6 Å². The number of amides is 1. The number of halogens is 1. The van der Waals surface area contributed by atoms with Gasteiger partial charge in [-0.2, -0.15) is 0 Å². The van der Waals surface area contributed by atoms with Gasteiger partial charge in [0.2, 0.25) is 0 Å². The van der Waals surface area contributed by atoms with Crippen molar-refractivity contribution in [2.24, 2.45) is 0 Å². The van der Waals surface area contributed by atoms with Crippen LogP contribution in [0, 0.1) is 5.82 Å². The number of Topliss-reactive ketones (excluding diaryl/α,β-unsaturated/α-hetero) is 1. The van der Waals surface area contributed by atoms with Crippen molar-refractivity contribution in [3.63, 3.8) is 0 Å². The molecule has 0 saturated carbocycles. The van der Waals surface area contributed by atoms with Crippen molar-refractivity contribution in [3.8, 4) is 11.5 Å². The number of carbonyl (C=O) groups is 2. The van der Waals surface area contributed by atoms with Gasteiger partial charge in [0.25, 0.3) is 11.7 Å². The van der Waals surface area contributed by atoms with Gasteiger partial charge in [-0.05, 0) is 68.4 Å². The van der Waals surface area contributed by atoms with Crippen LogP contribution in [0.1, 0.15) is 51.3 Å². The maximum Gasteiger partial charge on any atom is 0.295 e. The third kappa shape index (κ3) is 5.87. The fourth-order valence-corrected chi connectivity index (χ4v) is 4.30. The maximum atomic E-state index is 13.5. The Morgan fingerprint density at radius 3 is 2.31 bits per heavy atom. The van der Waals surface area contributed by atoms with Crippen LogP contribution in [0.5, 0.6) is 11.5 Å². The number of hydrogen-bond donors (Lipinski definition) is 1. The van der Waals surface area contributed by atoms with Gasteiger partial charge in [0.05, 0.1) is 24.8 Å². The van der Waals surface area contributed by atoms with Crippen molar-refractivity contribution in [2.45, 2.75) is 40.2 Å². The van der Waals surface area contributed by atoms with Crippen molar-refractivity contribution >= 4 is 17.4 Å². The van der Waals surface area contributed by atoms with E-state index in [9.17, 15) is 19.1 Å². The molecular weight excluding hydrogens is 463 g/mol. The number of aliphatic hydroxyl groups is 1. The molecule has 194 valence electrons. The Bertz CT molecular complexity index is 1100. The summed E-state index contributed by atoms with van der Waals surface area (Å²) < 4.78 is 25.1. The molecule has 36 heavy (non-hydrogen) atoms. The van der Waals surface area contributed by atoms with Gasteiger partial charge in [-0.3, -0.25) is 9.59 Å². The van der Waals surface area contributed by atoms with Crippen LogP contribution >= 0.6 is 0 Å². The Hall–Kier alpha value is -3.39. The number of rotatable bonds is 12. The molecule has 1 unspecified atom stereocenters. The highest BCUT2D eigenvalue weighted by atomic mass is 19.1. The number of carbonyl (C=O) groups excluding carboxylic acids is 2. The number of benzene rings is 2. The summed E-state index contributed by atoms with van der Waals surface area (Å²) in [6, 6.07) is 9.65. The predicted octanol–water partition coefficient (Wildman–Crippen LogP) is 4.78. The van der Waals surface area contributed by atoms with E-state index < -0.39 is 23.5 Å². The van der Waals surface area contributed by atoms with E-state index in [1.54, 1.807) is 18.2 Å². The molecule has 1 aliphatic heterocycles. The first-order valence-electron chi connectivity index (χ1n) is 12.5. The summed E-state index contributed by atoms with van der Waals surface area (Å²) >= 11 is 0. The van der Waals surface area contributed by atoms with Gasteiger partial charge in [0, 0.05) is 18.7 Å². The summed E-state index contributed by atoms with van der Waals surface area (Å²) in [5, 5.41) is 11.2. The van der Waals surface area contributed by atoms with Crippen molar-refractivity contribution in [3.05, 3.63) is 65.0 Å². The minimum atomic E-state index is -0.829. The minimum absolute atomic E-state index is 0.0316. The van der Waals surface area contributed by atoms with Crippen molar-refractivity contribution in [2.75, 3.05) is 39.4 Å². The monoisotopic (exact) mass is 498 g/mol. The molecule has 8 heteroatoms. The van der Waals surface area contributed by atoms with Crippen LogP contribution in [-0.2, 0) is 9.59 Å². The Kier molecular flexibility index (Phi) is 9.47. The van der Waals surface area contributed by atoms with Crippen LogP contribution in [-0.4, -0.2) is 66.0 Å². The Morgan fingerprint density at radius 2 is 1.69 bits per heavy atom. The molecule has 1 atom stereocenters. The summed E-state index contributed by atoms with van der Waals surface area (Å²) in [4.78, 5) is 30.1. The zero-order valence-corrected chi connectivity index (χ0v) is 21.4. The molecule has 2 aromatic rings. The Labute approximate surface area is 212 Å². The van der Waals surface area contributed by atoms with Crippen LogP contribution in [0.2, 0.25) is 0 Å². The summed E-state index contributed by atoms with van der Waals surface area (Å²) in [5.74, 6) is -1.19. The van der Waals surface area contributed by atoms with Gasteiger partial charge in [0.15, 0.2) is 11.5 Å². The molecule has 0 spiro atoms. The summed E-state index contributed by atoms with van der Waals surface area (Å²) in [7, 11) is 0. The summed E-state index contributed by atoms with van der Waals surface area (Å²) in [6.07, 6.45) is 0.830. The lowest BCUT2D eigenvalue weighted by Gasteiger charge is -2.28. The Balaban J connectivity index is 2.13. The first kappa shape index (κ1) is 27.2. The van der Waals surface area contributed by atoms with Gasteiger partial charge in [-0.15, -0.1) is 0 Å². The molecule has 1 fully saturated rings. The number of aliphatic hydroxyl groups excluding tert-OH is 1. The second-order valence-corrected chi connectivity index (χ2v) is 8.51. The van der Waals surface area contributed by atoms with Crippen LogP contribution in [0.3, 0.4) is 0 Å². The average molecular weight is 499 g/mol. The lowest BCUT2D eigenvalue weighted by atomic mass is 9.95. The van der Waals surface area contributed by atoms with E-state index in [1.807, 2.05) is 27.7 Å². The fourth-order valence-electron chi connectivity index (χ4n) is 4.30. The van der Waals surface area contributed by atoms with E-state index in [0.717, 1.165) is 19.5 Å². The first-order valence-corrected chi connectivity index (χ1v) is 12.5. The number of nitrogens with zero attached hydrogens (tertiary/aromatic N) is 2. The molecule has 3 rings (SSSR count).